The van der Waals surface area contributed by atoms with Gasteiger partial charge in [0.05, 0.1) is 39.5 Å². The van der Waals surface area contributed by atoms with Crippen molar-refractivity contribution in [3.8, 4) is 11.4 Å². The summed E-state index contributed by atoms with van der Waals surface area (Å²) in [5.41, 5.74) is -1.28. The molecule has 2 aromatic carbocycles. The van der Waals surface area contributed by atoms with Gasteiger partial charge in [-0.1, -0.05) is 11.5 Å². The van der Waals surface area contributed by atoms with E-state index in [4.69, 9.17) is 4.65 Å². The lowest BCUT2D eigenvalue weighted by molar-refractivity contribution is -0.274. The summed E-state index contributed by atoms with van der Waals surface area (Å²) in [6.45, 7) is 11.4. The maximum atomic E-state index is 13.4. The standard InChI is InChI=1S/C29H37BF3N5O5/c1-18(37-13-11-36(6)12-14-37)25(39)35-23-16-20(8-10-24(23)42-29(31,32)33)38-17-34-22-15-19(7-9-21(22)26(38)40)30-43-28(4,5)27(2,3)41/h7-10,15-18,30,41H,11-14H2,1-6H3,(H,35,39). The van der Waals surface area contributed by atoms with Gasteiger partial charge in [0.2, 0.25) is 5.91 Å². The molecule has 14 heteroatoms. The summed E-state index contributed by atoms with van der Waals surface area (Å²) in [4.78, 5) is 35.0. The highest BCUT2D eigenvalue weighted by atomic mass is 19.4. The summed E-state index contributed by atoms with van der Waals surface area (Å²) < 4.78 is 50.8. The van der Waals surface area contributed by atoms with Crippen LogP contribution in [0.25, 0.3) is 16.6 Å². The minimum Gasteiger partial charge on any atom is -0.427 e. The van der Waals surface area contributed by atoms with Crippen molar-refractivity contribution in [2.75, 3.05) is 38.5 Å². The van der Waals surface area contributed by atoms with Crippen LogP contribution in [0, 0.1) is 0 Å². The minimum absolute atomic E-state index is 0.175. The molecule has 1 aromatic heterocycles. The number of carbonyl (C=O) groups excluding carboxylic acids is 1. The quantitative estimate of drug-likeness (QED) is 0.359. The maximum absolute atomic E-state index is 13.4. The minimum atomic E-state index is -4.99. The van der Waals surface area contributed by atoms with Crippen LogP contribution in [-0.2, 0) is 9.45 Å². The van der Waals surface area contributed by atoms with Crippen LogP contribution in [0.4, 0.5) is 18.9 Å². The van der Waals surface area contributed by atoms with Gasteiger partial charge in [-0.2, -0.15) is 0 Å². The van der Waals surface area contributed by atoms with Crippen LogP contribution < -0.4 is 21.1 Å². The van der Waals surface area contributed by atoms with Gasteiger partial charge in [0, 0.05) is 26.2 Å². The third-order valence-electron chi connectivity index (χ3n) is 8.09. The third-order valence-corrected chi connectivity index (χ3v) is 8.09. The Balaban J connectivity index is 1.62. The number of aliphatic hydroxyl groups is 1. The number of halogens is 3. The average Bonchev–Trinajstić information content (AvgIpc) is 2.92. The SMILES string of the molecule is CC(C(=O)Nc1cc(-n2cnc3cc(BOC(C)(C)C(C)(C)O)ccc3c2=O)ccc1OC(F)(F)F)N1CCN(C)CC1. The number of ether oxygens (including phenoxy) is 1. The van der Waals surface area contributed by atoms with Gasteiger partial charge in [0.25, 0.3) is 5.56 Å². The second kappa shape index (κ2) is 12.3. The first-order valence-corrected chi connectivity index (χ1v) is 14.0. The molecule has 1 amide bonds. The Kier molecular flexibility index (Phi) is 9.26. The number of likely N-dealkylation sites (N-methyl/N-ethyl adjacent to an activating group) is 1. The van der Waals surface area contributed by atoms with Crippen molar-refractivity contribution in [2.24, 2.45) is 0 Å². The zero-order valence-corrected chi connectivity index (χ0v) is 25.2. The molecule has 2 heterocycles. The number of hydrogen-bond donors (Lipinski definition) is 2. The Morgan fingerprint density at radius 3 is 2.37 bits per heavy atom. The van der Waals surface area contributed by atoms with Crippen LogP contribution in [0.3, 0.4) is 0 Å². The number of hydrogen-bond acceptors (Lipinski definition) is 8. The van der Waals surface area contributed by atoms with Crippen LogP contribution in [0.1, 0.15) is 34.6 Å². The highest BCUT2D eigenvalue weighted by Crippen LogP contribution is 2.32. The molecule has 1 aliphatic rings. The first-order valence-electron chi connectivity index (χ1n) is 14.0. The van der Waals surface area contributed by atoms with E-state index >= 15 is 0 Å². The fourth-order valence-electron chi connectivity index (χ4n) is 4.47. The third kappa shape index (κ3) is 7.74. The van der Waals surface area contributed by atoms with Crippen molar-refractivity contribution in [1.82, 2.24) is 19.4 Å². The van der Waals surface area contributed by atoms with E-state index in [9.17, 15) is 27.9 Å². The number of fused-ring (bicyclic) bond motifs is 1. The van der Waals surface area contributed by atoms with Gasteiger partial charge in [0.15, 0.2) is 5.75 Å². The molecule has 0 bridgehead atoms. The van der Waals surface area contributed by atoms with E-state index in [-0.39, 0.29) is 24.2 Å². The molecule has 1 unspecified atom stereocenters. The average molecular weight is 603 g/mol. The van der Waals surface area contributed by atoms with Crippen molar-refractivity contribution < 1.29 is 32.5 Å². The van der Waals surface area contributed by atoms with Gasteiger partial charge in [0.1, 0.15) is 6.33 Å². The molecular weight excluding hydrogens is 566 g/mol. The summed E-state index contributed by atoms with van der Waals surface area (Å²) in [7, 11) is 2.15. The van der Waals surface area contributed by atoms with Crippen molar-refractivity contribution in [3.05, 3.63) is 53.1 Å². The number of rotatable bonds is 9. The van der Waals surface area contributed by atoms with Crippen LogP contribution in [0.2, 0.25) is 0 Å². The molecule has 232 valence electrons. The Morgan fingerprint density at radius 1 is 1.07 bits per heavy atom. The van der Waals surface area contributed by atoms with E-state index in [2.05, 4.69) is 19.9 Å². The molecule has 10 nitrogen and oxygen atoms in total. The molecule has 1 atom stereocenters. The Labute approximate surface area is 248 Å². The highest BCUT2D eigenvalue weighted by Gasteiger charge is 2.36. The van der Waals surface area contributed by atoms with E-state index in [1.807, 2.05) is 11.9 Å². The molecule has 0 spiro atoms. The van der Waals surface area contributed by atoms with Crippen molar-refractivity contribution in [3.63, 3.8) is 0 Å². The number of alkyl halides is 3. The molecule has 1 fully saturated rings. The van der Waals surface area contributed by atoms with Crippen LogP contribution in [-0.4, -0.2) is 94.7 Å². The van der Waals surface area contributed by atoms with Crippen molar-refractivity contribution in [1.29, 1.82) is 0 Å². The predicted octanol–water partition coefficient (Wildman–Crippen LogP) is 2.40. The molecule has 0 saturated carbocycles. The van der Waals surface area contributed by atoms with E-state index in [1.54, 1.807) is 52.8 Å². The summed E-state index contributed by atoms with van der Waals surface area (Å²) >= 11 is 0. The molecule has 3 aromatic rings. The zero-order valence-electron chi connectivity index (χ0n) is 25.2. The second-order valence-electron chi connectivity index (χ2n) is 11.9. The van der Waals surface area contributed by atoms with Crippen molar-refractivity contribution >= 4 is 35.4 Å². The smallest absolute Gasteiger partial charge is 0.427 e. The number of nitrogens with zero attached hydrogens (tertiary/aromatic N) is 4. The zero-order chi connectivity index (χ0) is 31.7. The molecule has 1 aliphatic heterocycles. The summed E-state index contributed by atoms with van der Waals surface area (Å²) in [6, 6.07) is 8.00. The van der Waals surface area contributed by atoms with Crippen LogP contribution >= 0.6 is 0 Å². The van der Waals surface area contributed by atoms with Gasteiger partial charge in [-0.25, -0.2) is 4.98 Å². The van der Waals surface area contributed by atoms with Crippen LogP contribution in [0.5, 0.6) is 5.75 Å². The van der Waals surface area contributed by atoms with E-state index < -0.39 is 40.8 Å². The number of nitrogens with one attached hydrogen (secondary N) is 1. The number of anilines is 1. The Bertz CT molecular complexity index is 1530. The lowest BCUT2D eigenvalue weighted by Crippen LogP contribution is -2.51. The topological polar surface area (TPSA) is 109 Å². The van der Waals surface area contributed by atoms with Gasteiger partial charge in [-0.3, -0.25) is 19.1 Å². The van der Waals surface area contributed by atoms with Gasteiger partial charge in [-0.15, -0.1) is 13.2 Å². The van der Waals surface area contributed by atoms with Crippen LogP contribution in [0.15, 0.2) is 47.5 Å². The number of benzene rings is 2. The fourth-order valence-corrected chi connectivity index (χ4v) is 4.47. The molecule has 2 N–H and O–H groups in total. The Hall–Kier alpha value is -3.46. The number of aromatic nitrogens is 2. The molecule has 1 saturated heterocycles. The number of amides is 1. The lowest BCUT2D eigenvalue weighted by atomic mass is 9.82. The monoisotopic (exact) mass is 603 g/mol. The van der Waals surface area contributed by atoms with E-state index in [1.165, 1.54) is 23.0 Å². The molecule has 4 rings (SSSR count). The van der Waals surface area contributed by atoms with E-state index in [0.29, 0.717) is 18.6 Å². The largest absolute Gasteiger partial charge is 0.573 e. The van der Waals surface area contributed by atoms with Gasteiger partial charge < -0.3 is 24.7 Å². The maximum Gasteiger partial charge on any atom is 0.573 e. The molecule has 43 heavy (non-hydrogen) atoms. The van der Waals surface area contributed by atoms with Gasteiger partial charge in [-0.05, 0) is 72.0 Å². The lowest BCUT2D eigenvalue weighted by Gasteiger charge is -2.37. The number of piperazine rings is 1. The normalized spacial score (nSPS) is 16.2. The summed E-state index contributed by atoms with van der Waals surface area (Å²) in [6.07, 6.45) is -3.72. The first-order chi connectivity index (χ1) is 19.9. The Morgan fingerprint density at radius 2 is 1.74 bits per heavy atom. The van der Waals surface area contributed by atoms with Crippen molar-refractivity contribution in [2.45, 2.75) is 58.2 Å². The fraction of sp³-hybridized carbons (Fsp3) is 0.483. The van der Waals surface area contributed by atoms with Gasteiger partial charge >= 0.3 is 13.8 Å². The molecule has 0 aliphatic carbocycles. The number of carbonyl (C=O) groups is 1. The first kappa shape index (κ1) is 32.5. The predicted molar refractivity (Wildman–Crippen MR) is 159 cm³/mol. The van der Waals surface area contributed by atoms with E-state index in [0.717, 1.165) is 24.6 Å². The summed E-state index contributed by atoms with van der Waals surface area (Å²) in [5, 5.41) is 13.2. The highest BCUT2D eigenvalue weighted by molar-refractivity contribution is 6.47. The summed E-state index contributed by atoms with van der Waals surface area (Å²) in [5.74, 6) is -1.10. The molecule has 0 radical (unpaired) electrons. The molecular formula is C29H37BF3N5O5. The second-order valence-corrected chi connectivity index (χ2v) is 11.9.